The van der Waals surface area contributed by atoms with Crippen LogP contribution in [0.25, 0.3) is 82.1 Å². The third-order valence-electron chi connectivity index (χ3n) is 10.2. The van der Waals surface area contributed by atoms with Crippen molar-refractivity contribution in [2.75, 3.05) is 0 Å². The van der Waals surface area contributed by atoms with Gasteiger partial charge in [0, 0.05) is 28.1 Å². The van der Waals surface area contributed by atoms with E-state index in [0.717, 1.165) is 11.2 Å². The molecule has 0 aliphatic heterocycles. The first-order valence-corrected chi connectivity index (χ1v) is 15.4. The van der Waals surface area contributed by atoms with Gasteiger partial charge in [-0.2, -0.15) is 0 Å². The molecule has 2 aromatic heterocycles. The van der Waals surface area contributed by atoms with Crippen molar-refractivity contribution in [2.45, 2.75) is 19.3 Å². The van der Waals surface area contributed by atoms with Gasteiger partial charge < -0.3 is 4.57 Å². The number of nitrogens with zero attached hydrogens (tertiary/aromatic N) is 2. The highest BCUT2D eigenvalue weighted by atomic mass is 15.0. The number of fused-ring (bicyclic) bond motifs is 7. The van der Waals surface area contributed by atoms with Crippen LogP contribution in [0.1, 0.15) is 25.0 Å². The quantitative estimate of drug-likeness (QED) is 0.192. The average molecular weight is 561 g/mol. The molecule has 9 aromatic rings. The van der Waals surface area contributed by atoms with E-state index in [-0.39, 0.29) is 5.41 Å². The summed E-state index contributed by atoms with van der Waals surface area (Å²) < 4.78 is 2.36. The lowest BCUT2D eigenvalue weighted by atomic mass is 9.81. The lowest BCUT2D eigenvalue weighted by molar-refractivity contribution is 0.660. The minimum absolute atomic E-state index is 0.0286. The van der Waals surface area contributed by atoms with Crippen LogP contribution in [-0.2, 0) is 5.41 Å². The first-order valence-electron chi connectivity index (χ1n) is 15.4. The summed E-state index contributed by atoms with van der Waals surface area (Å²) in [5, 5.41) is 10.4. The van der Waals surface area contributed by atoms with E-state index in [1.54, 1.807) is 0 Å². The number of aromatic nitrogens is 2. The summed E-state index contributed by atoms with van der Waals surface area (Å²) in [7, 11) is 0. The van der Waals surface area contributed by atoms with Gasteiger partial charge in [-0.25, -0.2) is 0 Å². The average Bonchev–Trinajstić information content (AvgIpc) is 3.52. The summed E-state index contributed by atoms with van der Waals surface area (Å²) in [6.07, 6.45) is 3.92. The van der Waals surface area contributed by atoms with Gasteiger partial charge in [0.2, 0.25) is 0 Å². The SMILES string of the molecule is CC1(C)c2ccccc2-c2ccc(-c3ccc4ccc5c6c(ccc3c46)cc3c5c4ccncc4n3-c3ccccc3)cc21. The van der Waals surface area contributed by atoms with Gasteiger partial charge in [-0.3, -0.25) is 4.98 Å². The van der Waals surface area contributed by atoms with E-state index in [1.165, 1.54) is 82.0 Å². The topological polar surface area (TPSA) is 17.8 Å². The lowest BCUT2D eigenvalue weighted by Gasteiger charge is -2.22. The van der Waals surface area contributed by atoms with Gasteiger partial charge in [0.1, 0.15) is 0 Å². The molecule has 2 heterocycles. The summed E-state index contributed by atoms with van der Waals surface area (Å²) >= 11 is 0. The van der Waals surface area contributed by atoms with Crippen LogP contribution in [0.5, 0.6) is 0 Å². The standard InChI is InChI=1S/C42H28N2/c1-42(2)35-11-7-6-10-30(35)31-17-14-26(22-36(31)42)29-16-12-25-13-19-34-40-27(15-18-32(29)39(25)40)23-37-41(34)33-20-21-43-24-38(33)44(37)28-8-4-3-5-9-28/h3-24H,1-2H3. The number of rotatable bonds is 2. The molecular formula is C42H28N2. The predicted octanol–water partition coefficient (Wildman–Crippen LogP) is 11.0. The molecule has 206 valence electrons. The summed E-state index contributed by atoms with van der Waals surface area (Å²) in [5.74, 6) is 0. The van der Waals surface area contributed by atoms with Gasteiger partial charge in [-0.05, 0) is 96.0 Å². The van der Waals surface area contributed by atoms with Crippen LogP contribution < -0.4 is 0 Å². The minimum Gasteiger partial charge on any atom is -0.308 e. The maximum absolute atomic E-state index is 4.54. The molecule has 7 aromatic carbocycles. The number of pyridine rings is 1. The Morgan fingerprint density at radius 2 is 1.25 bits per heavy atom. The smallest absolute Gasteiger partial charge is 0.0724 e. The molecule has 1 aliphatic carbocycles. The molecule has 0 fully saturated rings. The molecule has 0 radical (unpaired) electrons. The summed E-state index contributed by atoms with van der Waals surface area (Å²) in [6, 6.07) is 45.1. The Labute approximate surface area is 255 Å². The summed E-state index contributed by atoms with van der Waals surface area (Å²) in [4.78, 5) is 4.54. The number of benzene rings is 7. The molecule has 0 atom stereocenters. The van der Waals surface area contributed by atoms with Crippen molar-refractivity contribution < 1.29 is 0 Å². The van der Waals surface area contributed by atoms with Crippen molar-refractivity contribution in [3.05, 3.63) is 145 Å². The van der Waals surface area contributed by atoms with Crippen LogP contribution in [0.4, 0.5) is 0 Å². The van der Waals surface area contributed by atoms with Gasteiger partial charge >= 0.3 is 0 Å². The van der Waals surface area contributed by atoms with E-state index in [4.69, 9.17) is 0 Å². The number of hydrogen-bond acceptors (Lipinski definition) is 1. The third-order valence-corrected chi connectivity index (χ3v) is 10.2. The Morgan fingerprint density at radius 1 is 0.523 bits per heavy atom. The maximum atomic E-state index is 4.54. The fraction of sp³-hybridized carbons (Fsp3) is 0.0714. The molecule has 0 spiro atoms. The van der Waals surface area contributed by atoms with Gasteiger partial charge in [-0.1, -0.05) is 105 Å². The molecule has 0 unspecified atom stereocenters. The minimum atomic E-state index is -0.0286. The zero-order valence-corrected chi connectivity index (χ0v) is 24.6. The number of hydrogen-bond donors (Lipinski definition) is 0. The van der Waals surface area contributed by atoms with Crippen LogP contribution in [-0.4, -0.2) is 9.55 Å². The second-order valence-corrected chi connectivity index (χ2v) is 12.8. The molecule has 0 bridgehead atoms. The fourth-order valence-corrected chi connectivity index (χ4v) is 8.20. The summed E-state index contributed by atoms with van der Waals surface area (Å²) in [5.41, 5.74) is 11.6. The Bertz CT molecular complexity index is 2620. The zero-order valence-electron chi connectivity index (χ0n) is 24.6. The first-order chi connectivity index (χ1) is 21.6. The lowest BCUT2D eigenvalue weighted by Crippen LogP contribution is -2.14. The Balaban J connectivity index is 1.27. The largest absolute Gasteiger partial charge is 0.308 e. The molecule has 2 nitrogen and oxygen atoms in total. The van der Waals surface area contributed by atoms with Crippen molar-refractivity contribution >= 4 is 54.1 Å². The highest BCUT2D eigenvalue weighted by Gasteiger charge is 2.35. The Kier molecular flexibility index (Phi) is 4.55. The first kappa shape index (κ1) is 24.0. The van der Waals surface area contributed by atoms with E-state index in [1.807, 2.05) is 12.4 Å². The van der Waals surface area contributed by atoms with Crippen molar-refractivity contribution in [3.8, 4) is 27.9 Å². The molecule has 0 saturated heterocycles. The third kappa shape index (κ3) is 2.97. The van der Waals surface area contributed by atoms with Crippen LogP contribution in [0.15, 0.2) is 134 Å². The zero-order chi connectivity index (χ0) is 29.2. The highest BCUT2D eigenvalue weighted by Crippen LogP contribution is 2.50. The molecular weight excluding hydrogens is 532 g/mol. The van der Waals surface area contributed by atoms with E-state index in [9.17, 15) is 0 Å². The monoisotopic (exact) mass is 560 g/mol. The van der Waals surface area contributed by atoms with Gasteiger partial charge in [0.25, 0.3) is 0 Å². The van der Waals surface area contributed by atoms with E-state index in [2.05, 4.69) is 145 Å². The fourth-order valence-electron chi connectivity index (χ4n) is 8.20. The molecule has 0 amide bonds. The molecule has 1 aliphatic rings. The summed E-state index contributed by atoms with van der Waals surface area (Å²) in [6.45, 7) is 4.72. The highest BCUT2D eigenvalue weighted by molar-refractivity contribution is 6.34. The van der Waals surface area contributed by atoms with E-state index >= 15 is 0 Å². The van der Waals surface area contributed by atoms with Crippen LogP contribution >= 0.6 is 0 Å². The van der Waals surface area contributed by atoms with Crippen molar-refractivity contribution in [2.24, 2.45) is 0 Å². The number of para-hydroxylation sites is 1. The van der Waals surface area contributed by atoms with Crippen molar-refractivity contribution in [1.29, 1.82) is 0 Å². The van der Waals surface area contributed by atoms with Gasteiger partial charge in [0.15, 0.2) is 0 Å². The van der Waals surface area contributed by atoms with Crippen LogP contribution in [0.2, 0.25) is 0 Å². The second kappa shape index (κ2) is 8.33. The molecule has 44 heavy (non-hydrogen) atoms. The van der Waals surface area contributed by atoms with Crippen molar-refractivity contribution in [1.82, 2.24) is 9.55 Å². The molecule has 0 saturated carbocycles. The Hall–Kier alpha value is -5.47. The Morgan fingerprint density at radius 3 is 2.16 bits per heavy atom. The van der Waals surface area contributed by atoms with Crippen LogP contribution in [0.3, 0.4) is 0 Å². The van der Waals surface area contributed by atoms with Gasteiger partial charge in [-0.15, -0.1) is 0 Å². The van der Waals surface area contributed by atoms with Crippen LogP contribution in [0, 0.1) is 0 Å². The van der Waals surface area contributed by atoms with E-state index < -0.39 is 0 Å². The molecule has 2 heteroatoms. The maximum Gasteiger partial charge on any atom is 0.0724 e. The molecule has 10 rings (SSSR count). The normalized spacial score (nSPS) is 13.9. The second-order valence-electron chi connectivity index (χ2n) is 12.8. The molecule has 0 N–H and O–H groups in total. The van der Waals surface area contributed by atoms with Crippen molar-refractivity contribution in [3.63, 3.8) is 0 Å². The van der Waals surface area contributed by atoms with Gasteiger partial charge in [0.05, 0.1) is 17.2 Å². The van der Waals surface area contributed by atoms with E-state index in [0.29, 0.717) is 0 Å². The predicted molar refractivity (Wildman–Crippen MR) is 185 cm³/mol.